The number of nitrogens with one attached hydrogen (secondary N) is 3. The van der Waals surface area contributed by atoms with Crippen LogP contribution in [0, 0.1) is 20.2 Å². The summed E-state index contributed by atoms with van der Waals surface area (Å²) in [7, 11) is 0. The highest BCUT2D eigenvalue weighted by atomic mass is 16.6. The second-order valence-corrected chi connectivity index (χ2v) is 7.53. The number of aromatic nitrogens is 6. The molecule has 190 valence electrons. The molecule has 2 atom stereocenters. The first-order valence-electron chi connectivity index (χ1n) is 10.9. The summed E-state index contributed by atoms with van der Waals surface area (Å²) >= 11 is 0. The Morgan fingerprint density at radius 1 is 0.765 bits per heavy atom. The molecule has 0 bridgehead atoms. The minimum atomic E-state index is -0.814. The summed E-state index contributed by atoms with van der Waals surface area (Å²) in [5.41, 5.74) is 0. The van der Waals surface area contributed by atoms with Gasteiger partial charge in [0.15, 0.2) is 0 Å². The number of nitrogens with zero attached hydrogens (tertiary/aromatic N) is 8. The molecular weight excluding hydrogens is 454 g/mol. The Labute approximate surface area is 194 Å². The van der Waals surface area contributed by atoms with Crippen LogP contribution in [0.3, 0.4) is 0 Å². The van der Waals surface area contributed by atoms with E-state index < -0.39 is 34.0 Å². The molecule has 0 spiro atoms. The number of hydrogen-bond acceptors (Lipinski definition) is 13. The summed E-state index contributed by atoms with van der Waals surface area (Å²) in [5, 5.41) is 58.5. The number of nitro groups is 2. The van der Waals surface area contributed by atoms with Gasteiger partial charge in [0.2, 0.25) is 12.7 Å². The predicted octanol–water partition coefficient (Wildman–Crippen LogP) is -1.95. The van der Waals surface area contributed by atoms with Gasteiger partial charge < -0.3 is 46.4 Å². The number of rotatable bonds is 19. The molecule has 0 aromatic carbocycles. The average Bonchev–Trinajstić information content (AvgIpc) is 3.44. The smallest absolute Gasteiger partial charge is 0.390 e. The first kappa shape index (κ1) is 27.1. The third-order valence-corrected chi connectivity index (χ3v) is 4.71. The summed E-state index contributed by atoms with van der Waals surface area (Å²) in [5.74, 6) is -0.790. The lowest BCUT2D eigenvalue weighted by Gasteiger charge is -2.11. The van der Waals surface area contributed by atoms with E-state index in [1.807, 2.05) is 0 Å². The summed E-state index contributed by atoms with van der Waals surface area (Å²) in [6.07, 6.45) is 3.25. The van der Waals surface area contributed by atoms with Crippen molar-refractivity contribution in [1.82, 2.24) is 45.5 Å². The largest absolute Gasteiger partial charge is 0.455 e. The number of aliphatic hydroxyl groups is 2. The Kier molecular flexibility index (Phi) is 11.9. The fraction of sp³-hybridized carbons (Fsp3) is 0.765. The molecule has 5 N–H and O–H groups in total. The van der Waals surface area contributed by atoms with E-state index in [9.17, 15) is 30.4 Å². The van der Waals surface area contributed by atoms with E-state index in [1.165, 1.54) is 0 Å². The van der Waals surface area contributed by atoms with Gasteiger partial charge in [-0.1, -0.05) is 20.2 Å². The van der Waals surface area contributed by atoms with Crippen LogP contribution in [0.25, 0.3) is 0 Å². The van der Waals surface area contributed by atoms with Gasteiger partial charge in [-0.2, -0.15) is 0 Å². The van der Waals surface area contributed by atoms with Gasteiger partial charge in [0.1, 0.15) is 13.1 Å². The molecule has 2 unspecified atom stereocenters. The Morgan fingerprint density at radius 2 is 1.18 bits per heavy atom. The maximum atomic E-state index is 10.8. The van der Waals surface area contributed by atoms with Crippen LogP contribution in [0.4, 0.5) is 11.9 Å². The van der Waals surface area contributed by atoms with Gasteiger partial charge in [0.25, 0.3) is 0 Å². The van der Waals surface area contributed by atoms with Crippen molar-refractivity contribution in [2.24, 2.45) is 0 Å². The monoisotopic (exact) mass is 485 g/mol. The van der Waals surface area contributed by atoms with Crippen LogP contribution in [0.2, 0.25) is 0 Å². The van der Waals surface area contributed by atoms with E-state index in [-0.39, 0.29) is 13.1 Å². The first-order valence-corrected chi connectivity index (χ1v) is 10.9. The molecule has 2 aromatic heterocycles. The Morgan fingerprint density at radius 3 is 1.65 bits per heavy atom. The summed E-state index contributed by atoms with van der Waals surface area (Å²) in [6, 6.07) is 0. The first-order chi connectivity index (χ1) is 16.4. The van der Waals surface area contributed by atoms with Crippen molar-refractivity contribution in [3.8, 4) is 0 Å². The van der Waals surface area contributed by atoms with E-state index >= 15 is 0 Å². The molecule has 0 saturated heterocycles. The maximum absolute atomic E-state index is 10.8. The van der Waals surface area contributed by atoms with Crippen molar-refractivity contribution >= 4 is 11.9 Å². The Hall–Kier alpha value is -3.12. The predicted molar refractivity (Wildman–Crippen MR) is 118 cm³/mol. The Balaban J connectivity index is 1.39. The van der Waals surface area contributed by atoms with E-state index in [0.29, 0.717) is 26.2 Å². The third kappa shape index (κ3) is 9.79. The fourth-order valence-electron chi connectivity index (χ4n) is 3.09. The molecule has 0 fully saturated rings. The summed E-state index contributed by atoms with van der Waals surface area (Å²) in [6.45, 7) is 3.62. The van der Waals surface area contributed by atoms with Crippen LogP contribution >= 0.6 is 0 Å². The second-order valence-electron chi connectivity index (χ2n) is 7.53. The Bertz CT molecular complexity index is 806. The molecule has 17 nitrogen and oxygen atoms in total. The van der Waals surface area contributed by atoms with E-state index in [2.05, 4.69) is 36.1 Å². The van der Waals surface area contributed by atoms with Crippen molar-refractivity contribution in [2.75, 3.05) is 39.3 Å². The van der Waals surface area contributed by atoms with Crippen LogP contribution < -0.4 is 16.0 Å². The third-order valence-electron chi connectivity index (χ3n) is 4.71. The van der Waals surface area contributed by atoms with Crippen molar-refractivity contribution in [3.63, 3.8) is 0 Å². The van der Waals surface area contributed by atoms with Crippen LogP contribution in [0.5, 0.6) is 0 Å². The zero-order valence-electron chi connectivity index (χ0n) is 18.7. The SMILES string of the molecule is O=[N+]([O-])c1ncnn1CC(O)CNCCCCNCCCNCC(O)Cn1ncnc1[N+](=O)[O-]. The van der Waals surface area contributed by atoms with Gasteiger partial charge in [-0.15, -0.1) is 9.36 Å². The fourth-order valence-corrected chi connectivity index (χ4v) is 3.09. The molecule has 0 aliphatic heterocycles. The lowest BCUT2D eigenvalue weighted by atomic mass is 10.3. The van der Waals surface area contributed by atoms with E-state index in [4.69, 9.17) is 0 Å². The van der Waals surface area contributed by atoms with Gasteiger partial charge in [-0.3, -0.25) is 0 Å². The number of unbranched alkanes of at least 4 members (excludes halogenated alkanes) is 1. The van der Waals surface area contributed by atoms with Crippen molar-refractivity contribution in [1.29, 1.82) is 0 Å². The topological polar surface area (TPSA) is 224 Å². The van der Waals surface area contributed by atoms with Gasteiger partial charge in [0, 0.05) is 13.1 Å². The molecular formula is C17H31N11O6. The number of hydrogen-bond donors (Lipinski definition) is 5. The van der Waals surface area contributed by atoms with Gasteiger partial charge >= 0.3 is 11.9 Å². The van der Waals surface area contributed by atoms with Gasteiger partial charge in [-0.05, 0) is 55.3 Å². The van der Waals surface area contributed by atoms with Crippen molar-refractivity contribution in [2.45, 2.75) is 44.6 Å². The van der Waals surface area contributed by atoms with Crippen LogP contribution in [0.15, 0.2) is 12.7 Å². The van der Waals surface area contributed by atoms with Crippen molar-refractivity contribution < 1.29 is 20.1 Å². The molecule has 0 radical (unpaired) electrons. The minimum Gasteiger partial charge on any atom is -0.390 e. The van der Waals surface area contributed by atoms with Crippen LogP contribution in [-0.4, -0.2) is 101 Å². The number of aliphatic hydroxyl groups excluding tert-OH is 2. The molecule has 0 aliphatic rings. The lowest BCUT2D eigenvalue weighted by molar-refractivity contribution is -0.397. The van der Waals surface area contributed by atoms with Crippen LogP contribution in [-0.2, 0) is 13.1 Å². The maximum Gasteiger partial charge on any atom is 0.455 e. The van der Waals surface area contributed by atoms with Gasteiger partial charge in [0.05, 0.1) is 12.2 Å². The highest BCUT2D eigenvalue weighted by Gasteiger charge is 2.20. The molecule has 0 saturated carbocycles. The molecule has 0 aliphatic carbocycles. The highest BCUT2D eigenvalue weighted by Crippen LogP contribution is 2.06. The zero-order valence-corrected chi connectivity index (χ0v) is 18.7. The molecule has 0 amide bonds. The van der Waals surface area contributed by atoms with E-state index in [1.54, 1.807) is 0 Å². The van der Waals surface area contributed by atoms with Crippen molar-refractivity contribution in [3.05, 3.63) is 32.9 Å². The molecule has 2 heterocycles. The summed E-state index contributed by atoms with van der Waals surface area (Å²) in [4.78, 5) is 27.3. The quantitative estimate of drug-likeness (QED) is 0.0829. The second kappa shape index (κ2) is 14.9. The standard InChI is InChI=1S/C17H31N11O6/c29-14(10-25-16(27(31)32)21-12-23-25)8-19-5-2-1-4-18-6-3-7-20-9-15(30)11-26-17(28(33)34)22-13-24-26/h12-15,18-20,29-30H,1-11H2. The minimum absolute atomic E-state index is 0.00367. The van der Waals surface area contributed by atoms with Crippen LogP contribution in [0.1, 0.15) is 19.3 Å². The van der Waals surface area contributed by atoms with Gasteiger partial charge in [-0.25, -0.2) is 0 Å². The molecule has 2 rings (SSSR count). The average molecular weight is 486 g/mol. The lowest BCUT2D eigenvalue weighted by Crippen LogP contribution is -2.32. The molecule has 34 heavy (non-hydrogen) atoms. The highest BCUT2D eigenvalue weighted by molar-refractivity contribution is 5.01. The zero-order chi connectivity index (χ0) is 24.8. The molecule has 17 heteroatoms. The van der Waals surface area contributed by atoms with E-state index in [0.717, 1.165) is 54.4 Å². The normalized spacial score (nSPS) is 13.1. The summed E-state index contributed by atoms with van der Waals surface area (Å²) < 4.78 is 2.13. The molecule has 2 aromatic rings.